The van der Waals surface area contributed by atoms with Crippen molar-refractivity contribution in [2.45, 2.75) is 33.3 Å². The molecule has 0 saturated heterocycles. The summed E-state index contributed by atoms with van der Waals surface area (Å²) in [6.07, 6.45) is 0. The van der Waals surface area contributed by atoms with Crippen molar-refractivity contribution in [3.05, 3.63) is 57.9 Å². The number of ether oxygens (including phenoxy) is 1. The molecular weight excluding hydrogens is 324 g/mol. The molecule has 4 nitrogen and oxygen atoms in total. The van der Waals surface area contributed by atoms with Crippen molar-refractivity contribution >= 4 is 0 Å². The van der Waals surface area contributed by atoms with Crippen molar-refractivity contribution in [1.82, 2.24) is 0 Å². The first-order valence-electron chi connectivity index (χ1n) is 7.45. The summed E-state index contributed by atoms with van der Waals surface area (Å²) < 4.78 is 33.0. The zero-order valence-corrected chi connectivity index (χ0v) is 14.2. The van der Waals surface area contributed by atoms with Crippen LogP contribution in [0.5, 0.6) is 0 Å². The summed E-state index contributed by atoms with van der Waals surface area (Å²) in [5, 5.41) is 27.9. The summed E-state index contributed by atoms with van der Waals surface area (Å²) in [6, 6.07) is 8.76. The number of rotatable bonds is 1. The van der Waals surface area contributed by atoms with Crippen LogP contribution in [-0.4, -0.2) is 0 Å². The molecule has 0 fully saturated rings. The lowest BCUT2D eigenvalue weighted by molar-refractivity contribution is 0.0581. The summed E-state index contributed by atoms with van der Waals surface area (Å²) >= 11 is 0. The van der Waals surface area contributed by atoms with E-state index in [4.69, 9.17) is 15.3 Å². The first-order chi connectivity index (χ1) is 11.6. The smallest absolute Gasteiger partial charge is 0.172 e. The fraction of sp³-hybridized carbons (Fsp3) is 0.316. The van der Waals surface area contributed by atoms with Gasteiger partial charge in [0.2, 0.25) is 0 Å². The van der Waals surface area contributed by atoms with Crippen LogP contribution in [0.3, 0.4) is 0 Å². The molecule has 126 valence electrons. The fourth-order valence-corrected chi connectivity index (χ4v) is 3.15. The number of halogens is 2. The second kappa shape index (κ2) is 6.04. The molecule has 0 amide bonds. The number of nitriles is 3. The zero-order chi connectivity index (χ0) is 19.0. The van der Waals surface area contributed by atoms with E-state index in [1.165, 1.54) is 6.07 Å². The molecule has 1 aromatic carbocycles. The summed E-state index contributed by atoms with van der Waals surface area (Å²) in [7, 11) is 0. The van der Waals surface area contributed by atoms with Gasteiger partial charge in [-0.05, 0) is 24.5 Å². The third-order valence-electron chi connectivity index (χ3n) is 4.04. The highest BCUT2D eigenvalue weighted by Crippen LogP contribution is 2.52. The molecule has 1 aromatic rings. The molecule has 0 spiro atoms. The second-order valence-electron chi connectivity index (χ2n) is 6.80. The molecule has 0 aromatic heterocycles. The van der Waals surface area contributed by atoms with Crippen LogP contribution < -0.4 is 0 Å². The largest absolute Gasteiger partial charge is 0.475 e. The molecule has 1 aliphatic rings. The van der Waals surface area contributed by atoms with Gasteiger partial charge in [0.25, 0.3) is 0 Å². The first kappa shape index (κ1) is 18.2. The lowest BCUT2D eigenvalue weighted by atomic mass is 9.72. The normalized spacial score (nSPS) is 19.7. The van der Waals surface area contributed by atoms with Crippen molar-refractivity contribution < 1.29 is 13.5 Å². The predicted molar refractivity (Wildman–Crippen MR) is 85.1 cm³/mol. The van der Waals surface area contributed by atoms with Gasteiger partial charge in [0, 0.05) is 11.1 Å². The van der Waals surface area contributed by atoms with E-state index in [2.05, 4.69) is 0 Å². The van der Waals surface area contributed by atoms with E-state index in [9.17, 15) is 14.0 Å². The molecule has 0 radical (unpaired) electrons. The molecule has 2 rings (SSSR count). The molecule has 0 aliphatic carbocycles. The van der Waals surface area contributed by atoms with Gasteiger partial charge in [0.15, 0.2) is 28.6 Å². The Hall–Kier alpha value is -3.17. The Kier molecular flexibility index (Phi) is 4.39. The quantitative estimate of drug-likeness (QED) is 0.711. The van der Waals surface area contributed by atoms with Crippen molar-refractivity contribution in [2.75, 3.05) is 0 Å². The Bertz CT molecular complexity index is 917. The highest BCUT2D eigenvalue weighted by molar-refractivity contribution is 5.60. The molecule has 6 heteroatoms. The van der Waals surface area contributed by atoms with Gasteiger partial charge in [0.1, 0.15) is 23.8 Å². The minimum Gasteiger partial charge on any atom is -0.475 e. The number of nitrogens with zero attached hydrogens (tertiary/aromatic N) is 3. The summed E-state index contributed by atoms with van der Waals surface area (Å²) in [4.78, 5) is 0. The Morgan fingerprint density at radius 3 is 2.12 bits per heavy atom. The van der Waals surface area contributed by atoms with E-state index >= 15 is 0 Å². The van der Waals surface area contributed by atoms with Gasteiger partial charge in [-0.1, -0.05) is 26.8 Å². The van der Waals surface area contributed by atoms with Crippen molar-refractivity contribution in [1.29, 1.82) is 15.8 Å². The molecule has 0 bridgehead atoms. The van der Waals surface area contributed by atoms with Crippen LogP contribution in [0.15, 0.2) is 40.7 Å². The lowest BCUT2D eigenvalue weighted by Gasteiger charge is -2.35. The SMILES string of the molecule is CC(C)(C)C1=C(C#N)C(=C(C#N)C#N)OC1(C)c1ccc(F)c(F)c1. The van der Waals surface area contributed by atoms with Crippen LogP contribution in [0.4, 0.5) is 8.78 Å². The third-order valence-corrected chi connectivity index (χ3v) is 4.04. The van der Waals surface area contributed by atoms with E-state index in [-0.39, 0.29) is 22.5 Å². The second-order valence-corrected chi connectivity index (χ2v) is 6.80. The van der Waals surface area contributed by atoms with Gasteiger partial charge < -0.3 is 4.74 Å². The maximum atomic E-state index is 13.8. The number of hydrogen-bond donors (Lipinski definition) is 0. The molecule has 1 atom stereocenters. The Balaban J connectivity index is 2.88. The average Bonchev–Trinajstić information content (AvgIpc) is 2.85. The van der Waals surface area contributed by atoms with Gasteiger partial charge in [-0.3, -0.25) is 0 Å². The Labute approximate surface area is 144 Å². The highest BCUT2D eigenvalue weighted by Gasteiger charge is 2.49. The van der Waals surface area contributed by atoms with Gasteiger partial charge in [-0.25, -0.2) is 8.78 Å². The van der Waals surface area contributed by atoms with Gasteiger partial charge in [0.05, 0.1) is 0 Å². The maximum Gasteiger partial charge on any atom is 0.172 e. The van der Waals surface area contributed by atoms with E-state index < -0.39 is 22.7 Å². The summed E-state index contributed by atoms with van der Waals surface area (Å²) in [6.45, 7) is 7.12. The minimum atomic E-state index is -1.31. The number of benzene rings is 1. The average molecular weight is 339 g/mol. The van der Waals surface area contributed by atoms with Crippen LogP contribution in [0, 0.1) is 51.0 Å². The van der Waals surface area contributed by atoms with Gasteiger partial charge in [-0.2, -0.15) is 15.8 Å². The fourth-order valence-electron chi connectivity index (χ4n) is 3.15. The van der Waals surface area contributed by atoms with Gasteiger partial charge >= 0.3 is 0 Å². The van der Waals surface area contributed by atoms with Crippen LogP contribution in [0.25, 0.3) is 0 Å². The minimum absolute atomic E-state index is 0.0674. The van der Waals surface area contributed by atoms with Gasteiger partial charge in [-0.15, -0.1) is 0 Å². The monoisotopic (exact) mass is 339 g/mol. The molecule has 1 unspecified atom stereocenters. The van der Waals surface area contributed by atoms with Crippen LogP contribution in [0.2, 0.25) is 0 Å². The molecule has 25 heavy (non-hydrogen) atoms. The number of hydrogen-bond acceptors (Lipinski definition) is 4. The molecule has 0 saturated carbocycles. The van der Waals surface area contributed by atoms with Crippen LogP contribution >= 0.6 is 0 Å². The molecule has 1 aliphatic heterocycles. The Morgan fingerprint density at radius 2 is 1.68 bits per heavy atom. The molecule has 1 heterocycles. The molecular formula is C19H15F2N3O. The van der Waals surface area contributed by atoms with E-state index in [0.29, 0.717) is 5.57 Å². The number of allylic oxidation sites excluding steroid dienone is 2. The Morgan fingerprint density at radius 1 is 1.08 bits per heavy atom. The van der Waals surface area contributed by atoms with E-state index in [1.54, 1.807) is 19.1 Å². The van der Waals surface area contributed by atoms with Crippen LogP contribution in [0.1, 0.15) is 33.3 Å². The topological polar surface area (TPSA) is 80.6 Å². The third kappa shape index (κ3) is 2.86. The zero-order valence-electron chi connectivity index (χ0n) is 14.2. The van der Waals surface area contributed by atoms with E-state index in [0.717, 1.165) is 12.1 Å². The van der Waals surface area contributed by atoms with Crippen molar-refractivity contribution in [2.24, 2.45) is 5.41 Å². The predicted octanol–water partition coefficient (Wildman–Crippen LogP) is 4.38. The van der Waals surface area contributed by atoms with E-state index in [1.807, 2.05) is 26.8 Å². The first-order valence-corrected chi connectivity index (χ1v) is 7.45. The lowest BCUT2D eigenvalue weighted by Crippen LogP contribution is -2.31. The van der Waals surface area contributed by atoms with Crippen molar-refractivity contribution in [3.8, 4) is 18.2 Å². The highest BCUT2D eigenvalue weighted by atomic mass is 19.2. The van der Waals surface area contributed by atoms with Crippen molar-refractivity contribution in [3.63, 3.8) is 0 Å². The standard InChI is InChI=1S/C19H15F2N3O/c1-18(2,3)17-13(10-24)16(11(8-22)9-23)25-19(17,4)12-5-6-14(20)15(21)7-12/h5-7H,1-4H3. The maximum absolute atomic E-state index is 13.8. The summed E-state index contributed by atoms with van der Waals surface area (Å²) in [5.74, 6) is -2.19. The molecule has 0 N–H and O–H groups in total. The summed E-state index contributed by atoms with van der Waals surface area (Å²) in [5.41, 5.74) is -1.41. The van der Waals surface area contributed by atoms with Crippen LogP contribution in [-0.2, 0) is 10.3 Å².